The maximum absolute atomic E-state index is 12.1. The van der Waals surface area contributed by atoms with Crippen LogP contribution >= 0.6 is 0 Å². The fourth-order valence-corrected chi connectivity index (χ4v) is 3.77. The van der Waals surface area contributed by atoms with Gasteiger partial charge in [0.2, 0.25) is 0 Å². The second-order valence-corrected chi connectivity index (χ2v) is 8.59. The molecule has 0 spiro atoms. The number of amides is 1. The second kappa shape index (κ2) is 5.54. The number of nitrogens with one attached hydrogen (secondary N) is 1. The van der Waals surface area contributed by atoms with E-state index in [-0.39, 0.29) is 23.9 Å². The van der Waals surface area contributed by atoms with Crippen molar-refractivity contribution in [1.82, 2.24) is 10.2 Å². The zero-order valence-corrected chi connectivity index (χ0v) is 14.8. The average molecular weight is 328 g/mol. The molecule has 2 rings (SSSR count). The summed E-state index contributed by atoms with van der Waals surface area (Å²) in [5.41, 5.74) is -1.77. The van der Waals surface area contributed by atoms with Gasteiger partial charge in [-0.15, -0.1) is 0 Å². The number of rotatable bonds is 1. The predicted octanol–water partition coefficient (Wildman–Crippen LogP) is 2.30. The van der Waals surface area contributed by atoms with E-state index in [1.165, 1.54) is 4.90 Å². The molecular formula is C16H28N2O5. The minimum atomic E-state index is -0.980. The lowest BCUT2D eigenvalue weighted by Crippen LogP contribution is -2.47. The molecule has 0 aromatic rings. The fraction of sp³-hybridized carbons (Fsp3) is 0.875. The van der Waals surface area contributed by atoms with Crippen molar-refractivity contribution in [3.05, 3.63) is 0 Å². The van der Waals surface area contributed by atoms with Crippen molar-refractivity contribution in [1.29, 1.82) is 0 Å². The molecule has 2 aliphatic heterocycles. The van der Waals surface area contributed by atoms with E-state index in [1.807, 2.05) is 20.8 Å². The maximum Gasteiger partial charge on any atom is 0.509 e. The van der Waals surface area contributed by atoms with Crippen LogP contribution in [0.25, 0.3) is 0 Å². The predicted molar refractivity (Wildman–Crippen MR) is 84.4 cm³/mol. The van der Waals surface area contributed by atoms with Crippen molar-refractivity contribution < 1.29 is 24.2 Å². The molecule has 7 heteroatoms. The first-order valence-electron chi connectivity index (χ1n) is 7.98. The molecule has 7 nitrogen and oxygen atoms in total. The third-order valence-electron chi connectivity index (χ3n) is 4.43. The van der Waals surface area contributed by atoms with E-state index < -0.39 is 23.5 Å². The molecular weight excluding hydrogens is 300 g/mol. The molecule has 0 aromatic carbocycles. The third-order valence-corrected chi connectivity index (χ3v) is 4.43. The van der Waals surface area contributed by atoms with Crippen LogP contribution in [0.15, 0.2) is 0 Å². The molecule has 2 fully saturated rings. The Labute approximate surface area is 137 Å². The normalized spacial score (nSPS) is 31.0. The molecule has 2 aliphatic rings. The Balaban J connectivity index is 2.27. The largest absolute Gasteiger partial charge is 0.509 e. The van der Waals surface area contributed by atoms with E-state index in [4.69, 9.17) is 9.47 Å². The van der Waals surface area contributed by atoms with Crippen LogP contribution in [0.1, 0.15) is 41.5 Å². The molecule has 0 aromatic heterocycles. The number of nitrogens with zero attached hydrogens (tertiary/aromatic N) is 1. The van der Waals surface area contributed by atoms with Gasteiger partial charge in [-0.3, -0.25) is 0 Å². The monoisotopic (exact) mass is 328 g/mol. The van der Waals surface area contributed by atoms with Crippen LogP contribution in [-0.2, 0) is 9.47 Å². The standard InChI is InChI=1S/C16H28N2O5/c1-14(2,3)11-10-7-17-8-16(10,9-18(11)12(19)20)23-13(21)22-15(4,5)6/h10-11,17H,7-9H2,1-6H3,(H,19,20). The SMILES string of the molecule is CC(C)(C)OC(=O)OC12CNCC1C(C(C)(C)C)N(C(=O)O)C2. The third kappa shape index (κ3) is 3.54. The fourth-order valence-electron chi connectivity index (χ4n) is 3.77. The van der Waals surface area contributed by atoms with Crippen LogP contribution in [0.3, 0.4) is 0 Å². The van der Waals surface area contributed by atoms with Gasteiger partial charge < -0.3 is 24.8 Å². The number of hydrogen-bond acceptors (Lipinski definition) is 5. The average Bonchev–Trinajstić information content (AvgIpc) is 2.78. The number of hydrogen-bond donors (Lipinski definition) is 2. The lowest BCUT2D eigenvalue weighted by molar-refractivity contribution is -0.0659. The van der Waals surface area contributed by atoms with Gasteiger partial charge in [0, 0.05) is 25.0 Å². The van der Waals surface area contributed by atoms with E-state index in [0.29, 0.717) is 13.1 Å². The van der Waals surface area contributed by atoms with Crippen molar-refractivity contribution >= 4 is 12.2 Å². The molecule has 0 saturated carbocycles. The Bertz CT molecular complexity index is 494. The molecule has 132 valence electrons. The molecule has 0 radical (unpaired) electrons. The number of carboxylic acid groups (broad SMARTS) is 1. The van der Waals surface area contributed by atoms with E-state index in [9.17, 15) is 14.7 Å². The van der Waals surface area contributed by atoms with Crippen molar-refractivity contribution in [3.63, 3.8) is 0 Å². The molecule has 3 unspecified atom stereocenters. The maximum atomic E-state index is 12.1. The van der Waals surface area contributed by atoms with Crippen molar-refractivity contribution in [2.24, 2.45) is 11.3 Å². The molecule has 23 heavy (non-hydrogen) atoms. The zero-order chi connectivity index (χ0) is 17.6. The molecule has 3 atom stereocenters. The summed E-state index contributed by atoms with van der Waals surface area (Å²) < 4.78 is 10.9. The molecule has 0 aliphatic carbocycles. The van der Waals surface area contributed by atoms with Gasteiger partial charge in [-0.1, -0.05) is 20.8 Å². The van der Waals surface area contributed by atoms with Crippen LogP contribution in [0.5, 0.6) is 0 Å². The highest BCUT2D eigenvalue weighted by Gasteiger charge is 2.62. The van der Waals surface area contributed by atoms with Gasteiger partial charge in [-0.2, -0.15) is 0 Å². The Kier molecular flexibility index (Phi) is 4.30. The van der Waals surface area contributed by atoms with Gasteiger partial charge in [0.25, 0.3) is 0 Å². The first kappa shape index (κ1) is 17.8. The smallest absolute Gasteiger partial charge is 0.465 e. The molecule has 2 saturated heterocycles. The lowest BCUT2D eigenvalue weighted by Gasteiger charge is -2.36. The summed E-state index contributed by atoms with van der Waals surface area (Å²) in [6.45, 7) is 12.6. The highest BCUT2D eigenvalue weighted by molar-refractivity contribution is 5.67. The Hall–Kier alpha value is -1.50. The minimum absolute atomic E-state index is 0.0916. The summed E-state index contributed by atoms with van der Waals surface area (Å²) in [5.74, 6) is -0.0916. The quantitative estimate of drug-likeness (QED) is 0.718. The summed E-state index contributed by atoms with van der Waals surface area (Å²) in [4.78, 5) is 25.2. The van der Waals surface area contributed by atoms with E-state index in [2.05, 4.69) is 5.32 Å². The molecule has 1 amide bonds. The highest BCUT2D eigenvalue weighted by Crippen LogP contribution is 2.46. The van der Waals surface area contributed by atoms with Gasteiger partial charge in [-0.05, 0) is 26.2 Å². The summed E-state index contributed by atoms with van der Waals surface area (Å²) in [5, 5.41) is 12.8. The van der Waals surface area contributed by atoms with Gasteiger partial charge in [0.1, 0.15) is 5.60 Å². The first-order chi connectivity index (χ1) is 10.4. The Morgan fingerprint density at radius 2 is 1.83 bits per heavy atom. The van der Waals surface area contributed by atoms with Crippen LogP contribution in [0, 0.1) is 11.3 Å². The second-order valence-electron chi connectivity index (χ2n) is 8.59. The van der Waals surface area contributed by atoms with E-state index in [0.717, 1.165) is 0 Å². The first-order valence-corrected chi connectivity index (χ1v) is 7.98. The lowest BCUT2D eigenvalue weighted by atomic mass is 9.76. The van der Waals surface area contributed by atoms with Crippen LogP contribution in [0.4, 0.5) is 9.59 Å². The summed E-state index contributed by atoms with van der Waals surface area (Å²) in [7, 11) is 0. The molecule has 0 bridgehead atoms. The minimum Gasteiger partial charge on any atom is -0.465 e. The number of ether oxygens (including phenoxy) is 2. The van der Waals surface area contributed by atoms with Crippen molar-refractivity contribution in [2.45, 2.75) is 58.8 Å². The topological polar surface area (TPSA) is 88.1 Å². The van der Waals surface area contributed by atoms with Crippen LogP contribution in [0.2, 0.25) is 0 Å². The number of likely N-dealkylation sites (tertiary alicyclic amines) is 1. The van der Waals surface area contributed by atoms with Gasteiger partial charge in [0.05, 0.1) is 6.54 Å². The van der Waals surface area contributed by atoms with Gasteiger partial charge in [-0.25, -0.2) is 9.59 Å². The molecule has 2 N–H and O–H groups in total. The van der Waals surface area contributed by atoms with Crippen LogP contribution in [-0.4, -0.2) is 59.1 Å². The van der Waals surface area contributed by atoms with Crippen molar-refractivity contribution in [2.75, 3.05) is 19.6 Å². The number of carbonyl (C=O) groups is 2. The van der Waals surface area contributed by atoms with Crippen LogP contribution < -0.4 is 5.32 Å². The number of carbonyl (C=O) groups excluding carboxylic acids is 1. The van der Waals surface area contributed by atoms with Gasteiger partial charge in [0.15, 0.2) is 5.60 Å². The van der Waals surface area contributed by atoms with Crippen molar-refractivity contribution in [3.8, 4) is 0 Å². The molecule has 2 heterocycles. The summed E-state index contributed by atoms with van der Waals surface area (Å²) >= 11 is 0. The number of fused-ring (bicyclic) bond motifs is 1. The zero-order valence-electron chi connectivity index (χ0n) is 14.8. The van der Waals surface area contributed by atoms with E-state index >= 15 is 0 Å². The summed E-state index contributed by atoms with van der Waals surface area (Å²) in [6, 6.07) is -0.225. The van der Waals surface area contributed by atoms with Gasteiger partial charge >= 0.3 is 12.2 Å². The summed E-state index contributed by atoms with van der Waals surface area (Å²) in [6.07, 6.45) is -1.72. The highest BCUT2D eigenvalue weighted by atomic mass is 16.7. The Morgan fingerprint density at radius 1 is 1.22 bits per heavy atom. The van der Waals surface area contributed by atoms with E-state index in [1.54, 1.807) is 20.8 Å². The Morgan fingerprint density at radius 3 is 2.30 bits per heavy atom.